The van der Waals surface area contributed by atoms with E-state index < -0.39 is 0 Å². The number of hydrogen-bond donors (Lipinski definition) is 1. The zero-order valence-electron chi connectivity index (χ0n) is 17.5. The number of carbonyl (C=O) groups is 1. The Morgan fingerprint density at radius 2 is 1.55 bits per heavy atom. The number of esters is 1. The van der Waals surface area contributed by atoms with E-state index in [1.54, 1.807) is 13.0 Å². The number of fused-ring (bicyclic) bond motifs is 1. The number of hydrogen-bond acceptors (Lipinski definition) is 3. The second kappa shape index (κ2) is 9.47. The summed E-state index contributed by atoms with van der Waals surface area (Å²) in [6.45, 7) is 3.37. The molecule has 0 spiro atoms. The molecule has 4 rings (SSSR count). The molecule has 31 heavy (non-hydrogen) atoms. The molecule has 158 valence electrons. The lowest BCUT2D eigenvalue weighted by molar-refractivity contribution is -0.142. The van der Waals surface area contributed by atoms with Crippen molar-refractivity contribution in [3.05, 3.63) is 101 Å². The van der Waals surface area contributed by atoms with Crippen LogP contribution in [0.5, 0.6) is 0 Å². The summed E-state index contributed by atoms with van der Waals surface area (Å²) in [6, 6.07) is 24.9. The Hall–Kier alpha value is -3.60. The van der Waals surface area contributed by atoms with Gasteiger partial charge in [0.2, 0.25) is 0 Å². The molecular weight excluding hydrogens is 391 g/mol. The van der Waals surface area contributed by atoms with E-state index in [0.717, 1.165) is 28.0 Å². The summed E-state index contributed by atoms with van der Waals surface area (Å²) in [5, 5.41) is 0.703. The van der Waals surface area contributed by atoms with Gasteiger partial charge in [0.25, 0.3) is 0 Å². The van der Waals surface area contributed by atoms with Crippen molar-refractivity contribution in [2.24, 2.45) is 0 Å². The van der Waals surface area contributed by atoms with Crippen LogP contribution >= 0.6 is 0 Å². The van der Waals surface area contributed by atoms with Crippen LogP contribution in [0.3, 0.4) is 0 Å². The fraction of sp³-hybridized carbons (Fsp3) is 0.192. The number of benzene rings is 3. The summed E-state index contributed by atoms with van der Waals surface area (Å²) >= 11 is 0. The lowest BCUT2D eigenvalue weighted by Crippen LogP contribution is -2.24. The Morgan fingerprint density at radius 3 is 2.13 bits per heavy atom. The Labute approximate surface area is 181 Å². The Morgan fingerprint density at radius 1 is 0.935 bits per heavy atom. The van der Waals surface area contributed by atoms with Gasteiger partial charge in [-0.3, -0.25) is 4.79 Å². The summed E-state index contributed by atoms with van der Waals surface area (Å²) in [4.78, 5) is 18.0. The first-order valence-corrected chi connectivity index (χ1v) is 10.4. The predicted octanol–water partition coefficient (Wildman–Crippen LogP) is 5.62. The van der Waals surface area contributed by atoms with E-state index in [4.69, 9.17) is 4.74 Å². The summed E-state index contributed by atoms with van der Waals surface area (Å²) in [5.74, 6) is 0.149. The highest BCUT2D eigenvalue weighted by Gasteiger charge is 2.21. The number of H-pyrrole nitrogens is 1. The van der Waals surface area contributed by atoms with Gasteiger partial charge in [0.05, 0.1) is 13.0 Å². The molecule has 5 heteroatoms. The van der Waals surface area contributed by atoms with Crippen LogP contribution in [-0.2, 0) is 29.0 Å². The number of aromatic nitrogens is 1. The van der Waals surface area contributed by atoms with Gasteiger partial charge in [-0.25, -0.2) is 4.39 Å². The van der Waals surface area contributed by atoms with Crippen molar-refractivity contribution < 1.29 is 13.9 Å². The molecule has 0 saturated heterocycles. The van der Waals surface area contributed by atoms with Crippen LogP contribution in [-0.4, -0.2) is 17.6 Å². The van der Waals surface area contributed by atoms with Gasteiger partial charge >= 0.3 is 5.97 Å². The third-order valence-electron chi connectivity index (χ3n) is 5.22. The second-order valence-electron chi connectivity index (χ2n) is 7.45. The smallest absolute Gasteiger partial charge is 0.310 e. The summed E-state index contributed by atoms with van der Waals surface area (Å²) < 4.78 is 19.3. The number of rotatable bonds is 8. The maximum absolute atomic E-state index is 14.1. The first kappa shape index (κ1) is 20.7. The average Bonchev–Trinajstić information content (AvgIpc) is 3.12. The largest absolute Gasteiger partial charge is 0.466 e. The maximum atomic E-state index is 14.1. The highest BCUT2D eigenvalue weighted by molar-refractivity contribution is 5.92. The van der Waals surface area contributed by atoms with Crippen LogP contribution in [0.4, 0.5) is 10.2 Å². The van der Waals surface area contributed by atoms with Crippen LogP contribution in [0, 0.1) is 5.82 Å². The monoisotopic (exact) mass is 416 g/mol. The first-order chi connectivity index (χ1) is 15.1. The number of ether oxygens (including phenoxy) is 1. The fourth-order valence-electron chi connectivity index (χ4n) is 3.83. The quantitative estimate of drug-likeness (QED) is 0.379. The van der Waals surface area contributed by atoms with Gasteiger partial charge in [0.1, 0.15) is 11.6 Å². The Balaban J connectivity index is 1.80. The average molecular weight is 416 g/mol. The first-order valence-electron chi connectivity index (χ1n) is 10.4. The van der Waals surface area contributed by atoms with Gasteiger partial charge in [-0.2, -0.15) is 0 Å². The van der Waals surface area contributed by atoms with E-state index in [1.165, 1.54) is 12.1 Å². The van der Waals surface area contributed by atoms with Crippen molar-refractivity contribution in [3.63, 3.8) is 0 Å². The molecule has 0 fully saturated rings. The molecule has 0 bridgehead atoms. The molecule has 1 N–H and O–H groups in total. The third-order valence-corrected chi connectivity index (χ3v) is 5.22. The molecule has 0 radical (unpaired) electrons. The number of anilines is 1. The minimum absolute atomic E-state index is 0.0761. The number of nitrogens with one attached hydrogen (secondary N) is 1. The minimum Gasteiger partial charge on any atom is -0.466 e. The van der Waals surface area contributed by atoms with Crippen molar-refractivity contribution >= 4 is 22.7 Å². The third kappa shape index (κ3) is 4.94. The van der Waals surface area contributed by atoms with Crippen LogP contribution in [0.25, 0.3) is 10.9 Å². The van der Waals surface area contributed by atoms with Gasteiger partial charge in [0.15, 0.2) is 0 Å². The van der Waals surface area contributed by atoms with Crippen molar-refractivity contribution in [1.29, 1.82) is 0 Å². The molecule has 0 aliphatic rings. The molecule has 4 nitrogen and oxygen atoms in total. The summed E-state index contributed by atoms with van der Waals surface area (Å²) in [6.07, 6.45) is 0.0761. The van der Waals surface area contributed by atoms with Crippen LogP contribution in [0.1, 0.15) is 23.6 Å². The molecule has 0 unspecified atom stereocenters. The normalized spacial score (nSPS) is 10.9. The van der Waals surface area contributed by atoms with Gasteiger partial charge in [-0.1, -0.05) is 60.7 Å². The lowest BCUT2D eigenvalue weighted by atomic mass is 10.1. The standard InChI is InChI=1S/C26H25FN2O2/c1-2-31-25(30)16-23-22-15-21(27)13-14-24(22)28-26(23)29(17-19-9-5-3-6-10-19)18-20-11-7-4-8-12-20/h3-15,28H,2,16-18H2,1H3. The number of aromatic amines is 1. The Kier molecular flexibility index (Phi) is 6.32. The number of halogens is 1. The lowest BCUT2D eigenvalue weighted by Gasteiger charge is -2.25. The summed E-state index contributed by atoms with van der Waals surface area (Å²) in [5.41, 5.74) is 3.83. The number of carbonyl (C=O) groups excluding carboxylic acids is 1. The van der Waals surface area contributed by atoms with Crippen LogP contribution in [0.15, 0.2) is 78.9 Å². The minimum atomic E-state index is -0.333. The van der Waals surface area contributed by atoms with Crippen molar-refractivity contribution in [1.82, 2.24) is 4.98 Å². The highest BCUT2D eigenvalue weighted by Crippen LogP contribution is 2.32. The van der Waals surface area contributed by atoms with Crippen LogP contribution in [0.2, 0.25) is 0 Å². The molecule has 0 atom stereocenters. The molecule has 3 aromatic carbocycles. The topological polar surface area (TPSA) is 45.3 Å². The van der Waals surface area contributed by atoms with Gasteiger partial charge < -0.3 is 14.6 Å². The van der Waals surface area contributed by atoms with Crippen LogP contribution < -0.4 is 4.90 Å². The van der Waals surface area contributed by atoms with E-state index in [9.17, 15) is 9.18 Å². The molecule has 4 aromatic rings. The zero-order chi connectivity index (χ0) is 21.6. The van der Waals surface area contributed by atoms with E-state index in [0.29, 0.717) is 25.1 Å². The van der Waals surface area contributed by atoms with Gasteiger partial charge in [-0.05, 0) is 36.2 Å². The summed E-state index contributed by atoms with van der Waals surface area (Å²) in [7, 11) is 0. The van der Waals surface area contributed by atoms with Crippen molar-refractivity contribution in [2.75, 3.05) is 11.5 Å². The van der Waals surface area contributed by atoms with E-state index >= 15 is 0 Å². The molecule has 1 heterocycles. The molecule has 0 aliphatic carbocycles. The molecule has 0 saturated carbocycles. The zero-order valence-corrected chi connectivity index (χ0v) is 17.5. The van der Waals surface area contributed by atoms with E-state index in [1.807, 2.05) is 36.4 Å². The maximum Gasteiger partial charge on any atom is 0.310 e. The number of nitrogens with zero attached hydrogens (tertiary/aromatic N) is 1. The van der Waals surface area contributed by atoms with E-state index in [-0.39, 0.29) is 18.2 Å². The van der Waals surface area contributed by atoms with E-state index in [2.05, 4.69) is 34.1 Å². The SMILES string of the molecule is CCOC(=O)Cc1c(N(Cc2ccccc2)Cc2ccccc2)[nH]c2ccc(F)cc12. The fourth-order valence-corrected chi connectivity index (χ4v) is 3.83. The Bertz CT molecular complexity index is 1110. The molecule has 1 aromatic heterocycles. The van der Waals surface area contributed by atoms with Gasteiger partial charge in [-0.15, -0.1) is 0 Å². The molecule has 0 amide bonds. The highest BCUT2D eigenvalue weighted by atomic mass is 19.1. The second-order valence-corrected chi connectivity index (χ2v) is 7.45. The van der Waals surface area contributed by atoms with Crippen molar-refractivity contribution in [3.8, 4) is 0 Å². The molecule has 0 aliphatic heterocycles. The molecular formula is C26H25FN2O2. The van der Waals surface area contributed by atoms with Gasteiger partial charge in [0, 0.05) is 29.6 Å². The predicted molar refractivity (Wildman–Crippen MR) is 121 cm³/mol. The van der Waals surface area contributed by atoms with Crippen molar-refractivity contribution in [2.45, 2.75) is 26.4 Å².